The zero-order chi connectivity index (χ0) is 9.61. The Bertz CT molecular complexity index is 146. The Kier molecular flexibility index (Phi) is 5.84. The number of thiol groups is 2. The van der Waals surface area contributed by atoms with E-state index in [-0.39, 0.29) is 10.5 Å². The summed E-state index contributed by atoms with van der Waals surface area (Å²) in [5.74, 6) is -0.726. The summed E-state index contributed by atoms with van der Waals surface area (Å²) in [6, 6.07) is 0. The van der Waals surface area contributed by atoms with E-state index in [4.69, 9.17) is 5.11 Å². The van der Waals surface area contributed by atoms with Crippen LogP contribution in [0.5, 0.6) is 0 Å². The highest BCUT2D eigenvalue weighted by Crippen LogP contribution is 2.29. The minimum Gasteiger partial charge on any atom is -0.481 e. The molecule has 0 unspecified atom stereocenters. The molecule has 72 valence electrons. The van der Waals surface area contributed by atoms with E-state index in [1.807, 2.05) is 6.92 Å². The smallest absolute Gasteiger partial charge is 0.303 e. The largest absolute Gasteiger partial charge is 0.481 e. The van der Waals surface area contributed by atoms with Crippen LogP contribution < -0.4 is 0 Å². The summed E-state index contributed by atoms with van der Waals surface area (Å²) < 4.78 is -0.224. The molecule has 0 heterocycles. The van der Waals surface area contributed by atoms with Gasteiger partial charge in [-0.1, -0.05) is 13.3 Å². The normalized spacial score (nSPS) is 11.6. The molecular weight excluding hydrogens is 192 g/mol. The third-order valence-corrected chi connectivity index (χ3v) is 2.86. The van der Waals surface area contributed by atoms with E-state index < -0.39 is 5.97 Å². The van der Waals surface area contributed by atoms with Gasteiger partial charge >= 0.3 is 5.97 Å². The molecule has 0 aromatic rings. The third-order valence-electron chi connectivity index (χ3n) is 1.78. The maximum atomic E-state index is 10.2. The average molecular weight is 208 g/mol. The number of unbranched alkanes of at least 4 members (excludes halogenated alkanes) is 1. The summed E-state index contributed by atoms with van der Waals surface area (Å²) in [6.07, 6.45) is 3.61. The van der Waals surface area contributed by atoms with Crippen LogP contribution in [-0.4, -0.2) is 15.2 Å². The number of hydrogen-bond acceptors (Lipinski definition) is 3. The highest BCUT2D eigenvalue weighted by molar-refractivity contribution is 8.00. The fraction of sp³-hybridized carbons (Fsp3) is 0.875. The van der Waals surface area contributed by atoms with E-state index in [1.54, 1.807) is 0 Å². The van der Waals surface area contributed by atoms with E-state index in [0.29, 0.717) is 0 Å². The Morgan fingerprint density at radius 1 is 1.42 bits per heavy atom. The zero-order valence-corrected chi connectivity index (χ0v) is 9.07. The van der Waals surface area contributed by atoms with Crippen molar-refractivity contribution in [3.8, 4) is 0 Å². The van der Waals surface area contributed by atoms with Crippen molar-refractivity contribution in [2.75, 3.05) is 0 Å². The van der Waals surface area contributed by atoms with Gasteiger partial charge in [-0.05, 0) is 19.3 Å². The van der Waals surface area contributed by atoms with Crippen LogP contribution in [0.25, 0.3) is 0 Å². The molecule has 0 amide bonds. The van der Waals surface area contributed by atoms with Crippen LogP contribution in [0.1, 0.15) is 39.0 Å². The zero-order valence-electron chi connectivity index (χ0n) is 7.29. The molecule has 0 saturated heterocycles. The molecule has 4 heteroatoms. The van der Waals surface area contributed by atoms with Crippen molar-refractivity contribution < 1.29 is 9.90 Å². The first-order chi connectivity index (χ1) is 5.48. The topological polar surface area (TPSA) is 37.3 Å². The molecule has 0 aliphatic heterocycles. The van der Waals surface area contributed by atoms with Crippen LogP contribution in [-0.2, 0) is 4.79 Å². The van der Waals surface area contributed by atoms with Gasteiger partial charge in [-0.15, -0.1) is 0 Å². The fourth-order valence-corrected chi connectivity index (χ4v) is 1.18. The van der Waals surface area contributed by atoms with Gasteiger partial charge < -0.3 is 5.11 Å². The van der Waals surface area contributed by atoms with Gasteiger partial charge in [-0.2, -0.15) is 25.3 Å². The van der Waals surface area contributed by atoms with E-state index in [1.165, 1.54) is 0 Å². The lowest BCUT2D eigenvalue weighted by molar-refractivity contribution is -0.137. The second-order valence-corrected chi connectivity index (χ2v) is 5.00. The summed E-state index contributed by atoms with van der Waals surface area (Å²) in [7, 11) is 0. The van der Waals surface area contributed by atoms with Gasteiger partial charge in [-0.3, -0.25) is 4.79 Å². The second-order valence-electron chi connectivity index (χ2n) is 2.94. The molecule has 1 N–H and O–H groups in total. The first kappa shape index (κ1) is 12.2. The molecule has 0 aromatic heterocycles. The molecule has 0 bridgehead atoms. The number of aliphatic carboxylic acids is 1. The number of carboxylic acids is 1. The molecule has 0 aromatic carbocycles. The van der Waals surface area contributed by atoms with Gasteiger partial charge in [0.25, 0.3) is 0 Å². The minimum atomic E-state index is -0.726. The summed E-state index contributed by atoms with van der Waals surface area (Å²) in [4.78, 5) is 10.2. The van der Waals surface area contributed by atoms with Crippen LogP contribution in [0.15, 0.2) is 0 Å². The molecule has 0 aliphatic carbocycles. The maximum Gasteiger partial charge on any atom is 0.303 e. The first-order valence-corrected chi connectivity index (χ1v) is 5.04. The maximum absolute atomic E-state index is 10.2. The van der Waals surface area contributed by atoms with Crippen molar-refractivity contribution >= 4 is 31.2 Å². The summed E-state index contributed by atoms with van der Waals surface area (Å²) >= 11 is 8.66. The summed E-state index contributed by atoms with van der Waals surface area (Å²) in [5, 5.41) is 8.36. The van der Waals surface area contributed by atoms with Crippen LogP contribution in [0.2, 0.25) is 0 Å². The summed E-state index contributed by atoms with van der Waals surface area (Å²) in [6.45, 7) is 2.02. The lowest BCUT2D eigenvalue weighted by Gasteiger charge is -2.19. The standard InChI is InChI=1S/C8H16O2S2/c1-2-8(11,12)6-4-3-5-7(9)10/h11-12H,2-6H2,1H3,(H,9,10). The Labute approximate surface area is 84.6 Å². The summed E-state index contributed by atoms with van der Waals surface area (Å²) in [5.41, 5.74) is 0. The molecular formula is C8H16O2S2. The third kappa shape index (κ3) is 6.85. The van der Waals surface area contributed by atoms with Crippen molar-refractivity contribution in [3.63, 3.8) is 0 Å². The lowest BCUT2D eigenvalue weighted by atomic mass is 10.1. The van der Waals surface area contributed by atoms with Crippen molar-refractivity contribution in [2.24, 2.45) is 0 Å². The van der Waals surface area contributed by atoms with Crippen LogP contribution in [0, 0.1) is 0 Å². The SMILES string of the molecule is CCC(S)(S)CCCCC(=O)O. The Morgan fingerprint density at radius 2 is 2.00 bits per heavy atom. The van der Waals surface area contributed by atoms with Crippen LogP contribution >= 0.6 is 25.3 Å². The van der Waals surface area contributed by atoms with E-state index >= 15 is 0 Å². The van der Waals surface area contributed by atoms with Gasteiger partial charge in [-0.25, -0.2) is 0 Å². The molecule has 0 spiro atoms. The van der Waals surface area contributed by atoms with Gasteiger partial charge in [0, 0.05) is 6.42 Å². The van der Waals surface area contributed by atoms with Crippen LogP contribution in [0.3, 0.4) is 0 Å². The molecule has 0 rings (SSSR count). The van der Waals surface area contributed by atoms with Gasteiger partial charge in [0.05, 0.1) is 4.08 Å². The molecule has 0 aliphatic rings. The highest BCUT2D eigenvalue weighted by atomic mass is 32.2. The number of carbonyl (C=O) groups is 1. The van der Waals surface area contributed by atoms with E-state index in [0.717, 1.165) is 25.7 Å². The Hall–Kier alpha value is 0.170. The lowest BCUT2D eigenvalue weighted by Crippen LogP contribution is -2.10. The second kappa shape index (κ2) is 5.75. The van der Waals surface area contributed by atoms with E-state index in [9.17, 15) is 4.79 Å². The monoisotopic (exact) mass is 208 g/mol. The molecule has 0 radical (unpaired) electrons. The predicted octanol–water partition coefficient (Wildman–Crippen LogP) is 2.60. The van der Waals surface area contributed by atoms with Gasteiger partial charge in [0.2, 0.25) is 0 Å². The molecule has 0 fully saturated rings. The minimum absolute atomic E-state index is 0.224. The highest BCUT2D eigenvalue weighted by Gasteiger charge is 2.16. The number of carboxylic acid groups (broad SMARTS) is 1. The Balaban J connectivity index is 3.37. The number of rotatable bonds is 6. The first-order valence-electron chi connectivity index (χ1n) is 4.14. The fourth-order valence-electron chi connectivity index (χ4n) is 0.861. The van der Waals surface area contributed by atoms with Crippen molar-refractivity contribution in [2.45, 2.75) is 43.1 Å². The van der Waals surface area contributed by atoms with Crippen molar-refractivity contribution in [1.29, 1.82) is 0 Å². The van der Waals surface area contributed by atoms with E-state index in [2.05, 4.69) is 25.3 Å². The molecule has 2 nitrogen and oxygen atoms in total. The quantitative estimate of drug-likeness (QED) is 0.356. The number of hydrogen-bond donors (Lipinski definition) is 3. The van der Waals surface area contributed by atoms with Gasteiger partial charge in [0.1, 0.15) is 0 Å². The van der Waals surface area contributed by atoms with Crippen molar-refractivity contribution in [3.05, 3.63) is 0 Å². The average Bonchev–Trinajstić information content (AvgIpc) is 1.98. The Morgan fingerprint density at radius 3 is 2.42 bits per heavy atom. The molecule has 0 atom stereocenters. The predicted molar refractivity (Wildman–Crippen MR) is 57.1 cm³/mol. The van der Waals surface area contributed by atoms with Crippen molar-refractivity contribution in [1.82, 2.24) is 0 Å². The molecule has 0 saturated carbocycles. The van der Waals surface area contributed by atoms with Gasteiger partial charge in [0.15, 0.2) is 0 Å². The molecule has 12 heavy (non-hydrogen) atoms. The van der Waals surface area contributed by atoms with Crippen LogP contribution in [0.4, 0.5) is 0 Å².